The minimum atomic E-state index is -0.227. The minimum absolute atomic E-state index is 0.211. The van der Waals surface area contributed by atoms with Crippen LogP contribution < -0.4 is 5.32 Å². The molecule has 0 amide bonds. The topological polar surface area (TPSA) is 32.3 Å². The first-order chi connectivity index (χ1) is 8.20. The number of nitrogens with one attached hydrogen (secondary N) is 1. The van der Waals surface area contributed by atoms with Gasteiger partial charge in [0.1, 0.15) is 5.82 Å². The van der Waals surface area contributed by atoms with Gasteiger partial charge >= 0.3 is 0 Å². The van der Waals surface area contributed by atoms with Gasteiger partial charge in [0.2, 0.25) is 0 Å². The molecule has 0 heterocycles. The van der Waals surface area contributed by atoms with Gasteiger partial charge < -0.3 is 10.4 Å². The molecule has 2 nitrogen and oxygen atoms in total. The normalized spacial score (nSPS) is 17.1. The Morgan fingerprint density at radius 2 is 2.24 bits per heavy atom. The highest BCUT2D eigenvalue weighted by atomic mass is 79.9. The van der Waals surface area contributed by atoms with Crippen molar-refractivity contribution >= 4 is 15.9 Å². The van der Waals surface area contributed by atoms with Gasteiger partial charge in [0, 0.05) is 19.2 Å². The summed E-state index contributed by atoms with van der Waals surface area (Å²) >= 11 is 3.14. The molecule has 2 N–H and O–H groups in total. The number of aliphatic hydroxyl groups is 1. The maximum absolute atomic E-state index is 13.3. The molecule has 0 spiro atoms. The molecular formula is C13H17BrFNO. The van der Waals surface area contributed by atoms with E-state index in [0.717, 1.165) is 12.0 Å². The molecule has 2 rings (SSSR count). The van der Waals surface area contributed by atoms with Crippen LogP contribution in [0.25, 0.3) is 0 Å². The van der Waals surface area contributed by atoms with E-state index in [9.17, 15) is 4.39 Å². The highest BCUT2D eigenvalue weighted by molar-refractivity contribution is 9.10. The number of halogens is 2. The van der Waals surface area contributed by atoms with Crippen LogP contribution in [0.3, 0.4) is 0 Å². The van der Waals surface area contributed by atoms with Crippen LogP contribution >= 0.6 is 15.9 Å². The Balaban J connectivity index is 1.89. The molecule has 94 valence electrons. The number of rotatable bonds is 6. The molecular weight excluding hydrogens is 285 g/mol. The number of hydrogen-bond donors (Lipinski definition) is 2. The fraction of sp³-hybridized carbons (Fsp3) is 0.538. The number of benzene rings is 1. The van der Waals surface area contributed by atoms with Crippen molar-refractivity contribution in [3.8, 4) is 0 Å². The quantitative estimate of drug-likeness (QED) is 0.847. The molecule has 1 aliphatic rings. The summed E-state index contributed by atoms with van der Waals surface area (Å²) in [5, 5.41) is 12.4. The molecule has 1 aromatic carbocycles. The van der Waals surface area contributed by atoms with E-state index in [4.69, 9.17) is 5.11 Å². The number of aliphatic hydroxyl groups excluding tert-OH is 1. The van der Waals surface area contributed by atoms with Crippen LogP contribution in [0.5, 0.6) is 0 Å². The number of hydrogen-bond acceptors (Lipinski definition) is 2. The van der Waals surface area contributed by atoms with Crippen LogP contribution in [0.2, 0.25) is 0 Å². The van der Waals surface area contributed by atoms with Crippen LogP contribution in [0.4, 0.5) is 4.39 Å². The van der Waals surface area contributed by atoms with Crippen LogP contribution in [0.1, 0.15) is 24.8 Å². The molecule has 1 unspecified atom stereocenters. The first kappa shape index (κ1) is 13.0. The van der Waals surface area contributed by atoms with Gasteiger partial charge in [-0.05, 0) is 58.8 Å². The summed E-state index contributed by atoms with van der Waals surface area (Å²) in [7, 11) is 0. The molecule has 1 saturated carbocycles. The zero-order valence-corrected chi connectivity index (χ0v) is 11.2. The Morgan fingerprint density at radius 3 is 2.82 bits per heavy atom. The third-order valence-electron chi connectivity index (χ3n) is 3.18. The minimum Gasteiger partial charge on any atom is -0.396 e. The Labute approximate surface area is 109 Å². The average molecular weight is 302 g/mol. The first-order valence-corrected chi connectivity index (χ1v) is 6.78. The van der Waals surface area contributed by atoms with Crippen molar-refractivity contribution in [3.05, 3.63) is 34.1 Å². The van der Waals surface area contributed by atoms with E-state index in [1.54, 1.807) is 12.1 Å². The molecule has 0 aromatic heterocycles. The van der Waals surface area contributed by atoms with E-state index >= 15 is 0 Å². The van der Waals surface area contributed by atoms with Gasteiger partial charge in [-0.2, -0.15) is 0 Å². The van der Waals surface area contributed by atoms with Crippen molar-refractivity contribution in [3.63, 3.8) is 0 Å². The standard InChI is InChI=1S/C13H17BrFNO/c14-11-4-1-9(7-12(11)15)8-16-13(5-6-17)10-2-3-10/h1,4,7,10,13,16-17H,2-3,5-6,8H2. The van der Waals surface area contributed by atoms with Crippen LogP contribution in [0, 0.1) is 11.7 Å². The Kier molecular flexibility index (Phi) is 4.54. The summed E-state index contributed by atoms with van der Waals surface area (Å²) in [6.45, 7) is 0.869. The maximum Gasteiger partial charge on any atom is 0.137 e. The van der Waals surface area contributed by atoms with Crippen LogP contribution in [-0.4, -0.2) is 17.8 Å². The second kappa shape index (κ2) is 5.94. The summed E-state index contributed by atoms with van der Waals surface area (Å²) in [4.78, 5) is 0. The molecule has 0 saturated heterocycles. The van der Waals surface area contributed by atoms with E-state index in [2.05, 4.69) is 21.2 Å². The average Bonchev–Trinajstić information content (AvgIpc) is 3.13. The van der Waals surface area contributed by atoms with Gasteiger partial charge in [-0.3, -0.25) is 0 Å². The van der Waals surface area contributed by atoms with E-state index in [-0.39, 0.29) is 12.4 Å². The van der Waals surface area contributed by atoms with Gasteiger partial charge in [0.25, 0.3) is 0 Å². The Morgan fingerprint density at radius 1 is 1.47 bits per heavy atom. The highest BCUT2D eigenvalue weighted by Crippen LogP contribution is 2.34. The zero-order chi connectivity index (χ0) is 12.3. The van der Waals surface area contributed by atoms with Crippen molar-refractivity contribution in [2.24, 2.45) is 5.92 Å². The lowest BCUT2D eigenvalue weighted by Crippen LogP contribution is -2.31. The molecule has 4 heteroatoms. The second-order valence-electron chi connectivity index (χ2n) is 4.59. The summed E-state index contributed by atoms with van der Waals surface area (Å²) in [5.74, 6) is 0.469. The summed E-state index contributed by atoms with van der Waals surface area (Å²) < 4.78 is 13.8. The van der Waals surface area contributed by atoms with Crippen molar-refractivity contribution < 1.29 is 9.50 Å². The fourth-order valence-corrected chi connectivity index (χ4v) is 2.29. The lowest BCUT2D eigenvalue weighted by molar-refractivity contribution is 0.255. The van der Waals surface area contributed by atoms with Gasteiger partial charge in [-0.25, -0.2) is 4.39 Å². The van der Waals surface area contributed by atoms with Crippen molar-refractivity contribution in [2.45, 2.75) is 31.8 Å². The van der Waals surface area contributed by atoms with Crippen LogP contribution in [0.15, 0.2) is 22.7 Å². The monoisotopic (exact) mass is 301 g/mol. The molecule has 1 atom stereocenters. The molecule has 1 aromatic rings. The van der Waals surface area contributed by atoms with Crippen molar-refractivity contribution in [2.75, 3.05) is 6.61 Å². The molecule has 0 radical (unpaired) electrons. The first-order valence-electron chi connectivity index (χ1n) is 5.99. The highest BCUT2D eigenvalue weighted by Gasteiger charge is 2.30. The summed E-state index contributed by atoms with van der Waals surface area (Å²) in [6, 6.07) is 5.54. The van der Waals surface area contributed by atoms with Gasteiger partial charge in [-0.15, -0.1) is 0 Å². The van der Waals surface area contributed by atoms with Crippen molar-refractivity contribution in [1.82, 2.24) is 5.32 Å². The van der Waals surface area contributed by atoms with E-state index in [1.807, 2.05) is 6.07 Å². The summed E-state index contributed by atoms with van der Waals surface area (Å²) in [5.41, 5.74) is 0.939. The third-order valence-corrected chi connectivity index (χ3v) is 3.83. The van der Waals surface area contributed by atoms with Crippen LogP contribution in [-0.2, 0) is 6.54 Å². The van der Waals surface area contributed by atoms with E-state index < -0.39 is 0 Å². The predicted molar refractivity (Wildman–Crippen MR) is 69.2 cm³/mol. The van der Waals surface area contributed by atoms with E-state index in [1.165, 1.54) is 12.8 Å². The summed E-state index contributed by atoms with van der Waals surface area (Å²) in [6.07, 6.45) is 3.27. The molecule has 1 aliphatic carbocycles. The van der Waals surface area contributed by atoms with E-state index in [0.29, 0.717) is 23.0 Å². The predicted octanol–water partition coefficient (Wildman–Crippen LogP) is 2.84. The van der Waals surface area contributed by atoms with Crippen molar-refractivity contribution in [1.29, 1.82) is 0 Å². The maximum atomic E-state index is 13.3. The largest absolute Gasteiger partial charge is 0.396 e. The zero-order valence-electron chi connectivity index (χ0n) is 9.63. The lowest BCUT2D eigenvalue weighted by Gasteiger charge is -2.17. The molecule has 17 heavy (non-hydrogen) atoms. The smallest absolute Gasteiger partial charge is 0.137 e. The molecule has 0 aliphatic heterocycles. The fourth-order valence-electron chi connectivity index (χ4n) is 2.04. The molecule has 1 fully saturated rings. The lowest BCUT2D eigenvalue weighted by atomic mass is 10.1. The molecule has 0 bridgehead atoms. The van der Waals surface area contributed by atoms with Gasteiger partial charge in [0.15, 0.2) is 0 Å². The third kappa shape index (κ3) is 3.76. The second-order valence-corrected chi connectivity index (χ2v) is 5.44. The SMILES string of the molecule is OCCC(NCc1ccc(Br)c(F)c1)C1CC1. The Hall–Kier alpha value is -0.450. The van der Waals surface area contributed by atoms with Gasteiger partial charge in [0.05, 0.1) is 4.47 Å². The Bertz CT molecular complexity index is 382. The van der Waals surface area contributed by atoms with Gasteiger partial charge in [-0.1, -0.05) is 6.07 Å².